The van der Waals surface area contributed by atoms with E-state index in [1.54, 1.807) is 18.2 Å². The van der Waals surface area contributed by atoms with Gasteiger partial charge in [-0.3, -0.25) is 14.6 Å². The third-order valence-corrected chi connectivity index (χ3v) is 8.23. The number of amides is 2. The van der Waals surface area contributed by atoms with Gasteiger partial charge in [-0.1, -0.05) is 11.8 Å². The van der Waals surface area contributed by atoms with Gasteiger partial charge < -0.3 is 20.1 Å². The van der Waals surface area contributed by atoms with E-state index < -0.39 is 5.25 Å². The number of ether oxygens (including phenoxy) is 2. The number of benzene rings is 1. The zero-order valence-corrected chi connectivity index (χ0v) is 17.5. The molecule has 0 aromatic heterocycles. The van der Waals surface area contributed by atoms with Crippen molar-refractivity contribution < 1.29 is 19.1 Å². The minimum Gasteiger partial charge on any atom is -0.454 e. The van der Waals surface area contributed by atoms with Crippen LogP contribution in [-0.4, -0.2) is 34.6 Å². The Balaban J connectivity index is 1.10. The maximum absolute atomic E-state index is 12.5. The van der Waals surface area contributed by atoms with Gasteiger partial charge in [-0.2, -0.15) is 0 Å². The van der Waals surface area contributed by atoms with Crippen molar-refractivity contribution in [1.82, 2.24) is 5.32 Å². The molecule has 1 aromatic rings. The molecule has 1 atom stereocenters. The topological polar surface area (TPSA) is 89.0 Å². The van der Waals surface area contributed by atoms with Crippen molar-refractivity contribution in [1.29, 1.82) is 0 Å². The number of nitrogens with zero attached hydrogens (tertiary/aromatic N) is 1. The van der Waals surface area contributed by atoms with Gasteiger partial charge >= 0.3 is 0 Å². The van der Waals surface area contributed by atoms with E-state index in [2.05, 4.69) is 10.6 Å². The molecule has 0 radical (unpaired) electrons. The van der Waals surface area contributed by atoms with E-state index in [-0.39, 0.29) is 30.6 Å². The second-order valence-electron chi connectivity index (χ2n) is 9.47. The van der Waals surface area contributed by atoms with Crippen molar-refractivity contribution >= 4 is 34.4 Å². The number of thioether (sulfide) groups is 1. The second kappa shape index (κ2) is 6.90. The largest absolute Gasteiger partial charge is 0.454 e. The van der Waals surface area contributed by atoms with Crippen molar-refractivity contribution in [3.05, 3.63) is 18.2 Å². The lowest BCUT2D eigenvalue weighted by molar-refractivity contribution is -0.122. The lowest BCUT2D eigenvalue weighted by atomic mass is 9.53. The second-order valence-corrected chi connectivity index (χ2v) is 10.7. The van der Waals surface area contributed by atoms with Crippen LogP contribution >= 0.6 is 11.8 Å². The molecule has 1 unspecified atom stereocenters. The molecule has 4 aliphatic carbocycles. The highest BCUT2D eigenvalue weighted by Gasteiger charge is 2.51. The van der Waals surface area contributed by atoms with Gasteiger partial charge in [0.25, 0.3) is 0 Å². The summed E-state index contributed by atoms with van der Waals surface area (Å²) in [5.74, 6) is 3.40. The first-order chi connectivity index (χ1) is 14.5. The number of carbonyl (C=O) groups excluding carboxylic acids is 2. The van der Waals surface area contributed by atoms with Gasteiger partial charge in [0.15, 0.2) is 16.7 Å². The molecule has 7 nitrogen and oxygen atoms in total. The highest BCUT2D eigenvalue weighted by molar-refractivity contribution is 8.15. The smallest absolute Gasteiger partial charge is 0.240 e. The van der Waals surface area contributed by atoms with Gasteiger partial charge in [-0.15, -0.1) is 0 Å². The average molecular weight is 428 g/mol. The molecule has 2 heterocycles. The molecular weight excluding hydrogens is 402 g/mol. The van der Waals surface area contributed by atoms with E-state index in [1.807, 2.05) is 0 Å². The highest BCUT2D eigenvalue weighted by Crippen LogP contribution is 2.57. The molecule has 8 heteroatoms. The van der Waals surface area contributed by atoms with Crippen LogP contribution in [0.3, 0.4) is 0 Å². The zero-order valence-electron chi connectivity index (χ0n) is 16.7. The molecule has 2 N–H and O–H groups in total. The van der Waals surface area contributed by atoms with Crippen molar-refractivity contribution in [3.63, 3.8) is 0 Å². The summed E-state index contributed by atoms with van der Waals surface area (Å²) in [6.07, 6.45) is 7.70. The summed E-state index contributed by atoms with van der Waals surface area (Å²) >= 11 is 1.41. The zero-order chi connectivity index (χ0) is 20.3. The number of amidine groups is 1. The quantitative estimate of drug-likeness (QED) is 0.770. The Morgan fingerprint density at radius 3 is 2.57 bits per heavy atom. The van der Waals surface area contributed by atoms with Crippen LogP contribution in [0.15, 0.2) is 23.2 Å². The molecule has 7 rings (SSSR count). The predicted molar refractivity (Wildman–Crippen MR) is 114 cm³/mol. The Morgan fingerprint density at radius 1 is 1.13 bits per heavy atom. The highest BCUT2D eigenvalue weighted by atomic mass is 32.2. The number of carbonyl (C=O) groups is 2. The minimum absolute atomic E-state index is 0.0218. The molecule has 2 aliphatic heterocycles. The fourth-order valence-electron chi connectivity index (χ4n) is 6.36. The molecule has 2 amide bonds. The number of nitrogens with one attached hydrogen (secondary N) is 2. The predicted octanol–water partition coefficient (Wildman–Crippen LogP) is 3.30. The van der Waals surface area contributed by atoms with E-state index in [0.29, 0.717) is 22.4 Å². The fraction of sp³-hybridized carbons (Fsp3) is 0.591. The summed E-state index contributed by atoms with van der Waals surface area (Å²) in [6, 6.07) is 5.28. The SMILES string of the molecule is O=C(CC1SC(=NC23CC4CC(CC(C4)C2)C3)NC1=O)Nc1ccc2c(c1)OCO2. The molecule has 4 bridgehead atoms. The molecule has 5 fully saturated rings. The Kier molecular flexibility index (Phi) is 4.27. The summed E-state index contributed by atoms with van der Waals surface area (Å²) in [5, 5.41) is 6.07. The summed E-state index contributed by atoms with van der Waals surface area (Å²) < 4.78 is 10.6. The van der Waals surface area contributed by atoms with Crippen LogP contribution < -0.4 is 20.1 Å². The molecular formula is C22H25N3O4S. The van der Waals surface area contributed by atoms with Crippen LogP contribution in [0.4, 0.5) is 5.69 Å². The lowest BCUT2D eigenvalue weighted by Gasteiger charge is -2.55. The number of fused-ring (bicyclic) bond motifs is 1. The normalized spacial score (nSPS) is 36.9. The molecule has 30 heavy (non-hydrogen) atoms. The summed E-state index contributed by atoms with van der Waals surface area (Å²) in [7, 11) is 0. The van der Waals surface area contributed by atoms with Crippen LogP contribution in [0, 0.1) is 17.8 Å². The summed E-state index contributed by atoms with van der Waals surface area (Å²) in [6.45, 7) is 0.192. The Hall–Kier alpha value is -2.22. The fourth-order valence-corrected chi connectivity index (χ4v) is 7.44. The molecule has 158 valence electrons. The Bertz CT molecular complexity index is 911. The first kappa shape index (κ1) is 18.5. The molecule has 1 saturated heterocycles. The van der Waals surface area contributed by atoms with E-state index in [4.69, 9.17) is 14.5 Å². The van der Waals surface area contributed by atoms with Gasteiger partial charge in [0.1, 0.15) is 5.25 Å². The van der Waals surface area contributed by atoms with Gasteiger partial charge in [-0.05, 0) is 68.4 Å². The van der Waals surface area contributed by atoms with Crippen LogP contribution in [0.2, 0.25) is 0 Å². The number of hydrogen-bond donors (Lipinski definition) is 2. The number of rotatable bonds is 4. The number of aliphatic imine (C=N–C) groups is 1. The standard InChI is InChI=1S/C22H25N3O4S/c26-19(23-15-1-2-16-17(6-15)29-11-28-16)7-18-20(27)24-21(30-18)25-22-8-12-3-13(9-22)5-14(4-12)10-22/h1-2,6,12-14,18H,3-5,7-11H2,(H,23,26)(H,24,25,27). The number of hydrogen-bond acceptors (Lipinski definition) is 6. The Labute approximate surface area is 179 Å². The lowest BCUT2D eigenvalue weighted by Crippen LogP contribution is -2.50. The molecule has 0 spiro atoms. The third kappa shape index (κ3) is 3.35. The molecule has 1 aromatic carbocycles. The minimum atomic E-state index is -0.438. The molecule has 6 aliphatic rings. The Morgan fingerprint density at radius 2 is 1.83 bits per heavy atom. The van der Waals surface area contributed by atoms with Crippen LogP contribution in [0.5, 0.6) is 11.5 Å². The van der Waals surface area contributed by atoms with Crippen molar-refractivity contribution in [2.45, 2.75) is 55.7 Å². The van der Waals surface area contributed by atoms with Gasteiger partial charge in [-0.25, -0.2) is 0 Å². The first-order valence-corrected chi connectivity index (χ1v) is 11.7. The maximum Gasteiger partial charge on any atom is 0.240 e. The third-order valence-electron chi connectivity index (χ3n) is 7.15. The first-order valence-electron chi connectivity index (χ1n) is 10.8. The monoisotopic (exact) mass is 427 g/mol. The van der Waals surface area contributed by atoms with Gasteiger partial charge in [0, 0.05) is 18.2 Å². The average Bonchev–Trinajstić information content (AvgIpc) is 3.26. The summed E-state index contributed by atoms with van der Waals surface area (Å²) in [5.41, 5.74) is 0.656. The van der Waals surface area contributed by atoms with Gasteiger partial charge in [0.2, 0.25) is 18.6 Å². The van der Waals surface area contributed by atoms with Crippen LogP contribution in [0.25, 0.3) is 0 Å². The van der Waals surface area contributed by atoms with Gasteiger partial charge in [0.05, 0.1) is 5.54 Å². The van der Waals surface area contributed by atoms with E-state index in [1.165, 1.54) is 31.0 Å². The van der Waals surface area contributed by atoms with Crippen LogP contribution in [-0.2, 0) is 9.59 Å². The van der Waals surface area contributed by atoms with E-state index >= 15 is 0 Å². The molecule has 4 saturated carbocycles. The maximum atomic E-state index is 12.5. The van der Waals surface area contributed by atoms with Crippen molar-refractivity contribution in [2.24, 2.45) is 22.7 Å². The van der Waals surface area contributed by atoms with Crippen molar-refractivity contribution in [2.75, 3.05) is 12.1 Å². The van der Waals surface area contributed by atoms with E-state index in [9.17, 15) is 9.59 Å². The number of anilines is 1. The van der Waals surface area contributed by atoms with E-state index in [0.717, 1.165) is 37.0 Å². The van der Waals surface area contributed by atoms with Crippen LogP contribution in [0.1, 0.15) is 44.9 Å². The van der Waals surface area contributed by atoms with Crippen molar-refractivity contribution in [3.8, 4) is 11.5 Å². The summed E-state index contributed by atoms with van der Waals surface area (Å²) in [4.78, 5) is 30.1.